The van der Waals surface area contributed by atoms with Crippen LogP contribution in [0.3, 0.4) is 0 Å². The van der Waals surface area contributed by atoms with Gasteiger partial charge in [-0.15, -0.1) is 0 Å². The van der Waals surface area contributed by atoms with Gasteiger partial charge in [-0.1, -0.05) is 250 Å². The molecule has 0 rings (SSSR count). The number of allylic oxidation sites excluding steroid dienone is 21. The Bertz CT molecular complexity index is 1720. The van der Waals surface area contributed by atoms with E-state index in [0.717, 1.165) is 83.5 Å². The van der Waals surface area contributed by atoms with Crippen molar-refractivity contribution in [2.24, 2.45) is 0 Å². The Kier molecular flexibility index (Phi) is 54.2. The van der Waals surface area contributed by atoms with E-state index in [4.69, 9.17) is 18.9 Å². The zero-order valence-corrected chi connectivity index (χ0v) is 49.6. The van der Waals surface area contributed by atoms with Crippen molar-refractivity contribution in [2.45, 2.75) is 232 Å². The monoisotopic (exact) mass is 1070 g/mol. The van der Waals surface area contributed by atoms with E-state index >= 15 is 0 Å². The number of carbonyl (C=O) groups excluding carboxylic acids is 2. The number of unbranched alkanes of at least 4 members (excludes halogenated alkanes) is 18. The van der Waals surface area contributed by atoms with Gasteiger partial charge in [0, 0.05) is 6.42 Å². The Morgan fingerprint density at radius 1 is 0.403 bits per heavy atom. The Morgan fingerprint density at radius 3 is 1.10 bits per heavy atom. The topological polar surface area (TPSA) is 108 Å². The minimum absolute atomic E-state index is 0.0652. The maximum Gasteiger partial charge on any atom is 0.361 e. The van der Waals surface area contributed by atoms with Crippen molar-refractivity contribution in [1.29, 1.82) is 0 Å². The highest BCUT2D eigenvalue weighted by atomic mass is 16.7. The molecule has 0 bridgehead atoms. The molecule has 0 aromatic carbocycles. The fourth-order valence-corrected chi connectivity index (χ4v) is 7.85. The minimum Gasteiger partial charge on any atom is -0.477 e. The molecule has 0 aromatic heterocycles. The van der Waals surface area contributed by atoms with E-state index in [1.807, 2.05) is 27.2 Å². The smallest absolute Gasteiger partial charge is 0.361 e. The third kappa shape index (κ3) is 58.9. The van der Waals surface area contributed by atoms with E-state index in [0.29, 0.717) is 23.9 Å². The first-order chi connectivity index (χ1) is 37.6. The van der Waals surface area contributed by atoms with Crippen molar-refractivity contribution in [3.8, 4) is 0 Å². The van der Waals surface area contributed by atoms with Gasteiger partial charge in [-0.05, 0) is 89.9 Å². The molecule has 0 radical (unpaired) electrons. The standard InChI is InChI=1S/C68H111NO8/c1-6-8-10-12-14-16-18-20-22-23-24-25-26-27-28-29-30-31-32-33-34-35-36-37-38-39-40-41-42-43-45-47-49-51-53-55-57-59-66(71)77-64(63-76-68(67(72)73)74-61-60-69(3,4)5)62-75-65(70)58-56-54-52-50-48-46-44-21-19-17-15-13-11-9-7-2/h8-11,14-17,20-22,24-25,27-28,30-31,44,48,50,54,56,64,68H,6-7,12-13,18-19,23,26,29,32-43,45-47,49,51-53,55,57-63H2,1-5H3/p+1/b10-8-,11-9-,16-14-,17-15-,22-20-,25-24-,28-27-,31-30-,44-21-,50-48-,56-54-. The first kappa shape index (κ1) is 72.4. The summed E-state index contributed by atoms with van der Waals surface area (Å²) in [6.07, 6.45) is 80.2. The van der Waals surface area contributed by atoms with Gasteiger partial charge < -0.3 is 28.5 Å². The van der Waals surface area contributed by atoms with E-state index in [2.05, 4.69) is 135 Å². The fourth-order valence-electron chi connectivity index (χ4n) is 7.85. The average Bonchev–Trinajstić information content (AvgIpc) is 3.40. The molecule has 0 amide bonds. The normalized spacial score (nSPS) is 13.7. The first-order valence-electron chi connectivity index (χ1n) is 30.3. The number of hydrogen-bond donors (Lipinski definition) is 1. The molecule has 0 heterocycles. The zero-order valence-electron chi connectivity index (χ0n) is 49.6. The minimum atomic E-state index is -1.54. The van der Waals surface area contributed by atoms with Crippen LogP contribution < -0.4 is 0 Å². The SMILES string of the molecule is CC/C=C\C/C=C\C/C=C\C/C=C\C/C=C\C/C=C\CCCCCCCCCCCCCCCCCCCCC(=O)OC(COC(=O)C/C=C\C/C=C\C/C=C\C/C=C\C/C=C\CC)COC(OCC[N+](C)(C)C)C(=O)O. The lowest BCUT2D eigenvalue weighted by atomic mass is 10.0. The number of esters is 2. The van der Waals surface area contributed by atoms with E-state index < -0.39 is 30.3 Å². The summed E-state index contributed by atoms with van der Waals surface area (Å²) in [5, 5.41) is 9.69. The quantitative estimate of drug-likeness (QED) is 0.0211. The number of ether oxygens (including phenoxy) is 4. The molecular formula is C68H112NO8+. The highest BCUT2D eigenvalue weighted by Crippen LogP contribution is 2.16. The molecule has 0 aromatic rings. The molecule has 2 unspecified atom stereocenters. The van der Waals surface area contributed by atoms with Crippen molar-refractivity contribution in [2.75, 3.05) is 47.5 Å². The summed E-state index contributed by atoms with van der Waals surface area (Å²) in [5.41, 5.74) is 0. The van der Waals surface area contributed by atoms with E-state index in [-0.39, 0.29) is 32.7 Å². The van der Waals surface area contributed by atoms with Crippen LogP contribution in [0.25, 0.3) is 0 Å². The lowest BCUT2D eigenvalue weighted by molar-refractivity contribution is -0.870. The van der Waals surface area contributed by atoms with Gasteiger partial charge in [0.25, 0.3) is 6.29 Å². The summed E-state index contributed by atoms with van der Waals surface area (Å²) in [6, 6.07) is 0. The predicted molar refractivity (Wildman–Crippen MR) is 327 cm³/mol. The van der Waals surface area contributed by atoms with Crippen molar-refractivity contribution in [3.63, 3.8) is 0 Å². The number of carboxylic acids is 1. The Labute approximate surface area is 471 Å². The molecule has 436 valence electrons. The molecule has 9 heteroatoms. The number of nitrogens with zero attached hydrogens (tertiary/aromatic N) is 1. The van der Waals surface area contributed by atoms with Crippen molar-refractivity contribution >= 4 is 17.9 Å². The molecule has 0 saturated heterocycles. The van der Waals surface area contributed by atoms with Crippen molar-refractivity contribution < 1.29 is 42.9 Å². The second-order valence-corrected chi connectivity index (χ2v) is 20.9. The van der Waals surface area contributed by atoms with Crippen LogP contribution in [0.5, 0.6) is 0 Å². The Hall–Kier alpha value is -4.57. The van der Waals surface area contributed by atoms with Gasteiger partial charge in [-0.25, -0.2) is 4.79 Å². The van der Waals surface area contributed by atoms with Crippen LogP contribution in [0, 0.1) is 0 Å². The molecule has 2 atom stereocenters. The van der Waals surface area contributed by atoms with Gasteiger partial charge in [0.1, 0.15) is 13.2 Å². The third-order valence-electron chi connectivity index (χ3n) is 12.4. The average molecular weight is 1070 g/mol. The van der Waals surface area contributed by atoms with E-state index in [9.17, 15) is 19.5 Å². The summed E-state index contributed by atoms with van der Waals surface area (Å²) in [7, 11) is 5.94. The van der Waals surface area contributed by atoms with Crippen molar-refractivity contribution in [3.05, 3.63) is 134 Å². The van der Waals surface area contributed by atoms with Crippen LogP contribution >= 0.6 is 0 Å². The molecule has 1 N–H and O–H groups in total. The molecule has 9 nitrogen and oxygen atoms in total. The number of hydrogen-bond acceptors (Lipinski definition) is 7. The molecule has 0 aliphatic carbocycles. The Balaban J connectivity index is 4.13. The molecule has 0 fully saturated rings. The van der Waals surface area contributed by atoms with Gasteiger partial charge in [-0.3, -0.25) is 9.59 Å². The molecule has 77 heavy (non-hydrogen) atoms. The molecule has 0 aliphatic heterocycles. The Morgan fingerprint density at radius 2 is 0.740 bits per heavy atom. The summed E-state index contributed by atoms with van der Waals surface area (Å²) in [5.74, 6) is -2.18. The predicted octanol–water partition coefficient (Wildman–Crippen LogP) is 18.2. The van der Waals surface area contributed by atoms with Crippen LogP contribution in [-0.2, 0) is 33.3 Å². The lowest BCUT2D eigenvalue weighted by Gasteiger charge is -2.25. The largest absolute Gasteiger partial charge is 0.477 e. The number of likely N-dealkylation sites (N-methyl/N-ethyl adjacent to an activating group) is 1. The van der Waals surface area contributed by atoms with E-state index in [1.54, 1.807) is 6.08 Å². The maximum absolute atomic E-state index is 12.9. The third-order valence-corrected chi connectivity index (χ3v) is 12.4. The number of carboxylic acid groups (broad SMARTS) is 1. The summed E-state index contributed by atoms with van der Waals surface area (Å²) in [4.78, 5) is 37.3. The fraction of sp³-hybridized carbons (Fsp3) is 0.632. The van der Waals surface area contributed by atoms with Crippen LogP contribution in [0.1, 0.15) is 219 Å². The second kappa shape index (κ2) is 57.6. The van der Waals surface area contributed by atoms with Crippen LogP contribution in [0.4, 0.5) is 0 Å². The number of quaternary nitrogens is 1. The molecule has 0 aliphatic rings. The molecule has 0 saturated carbocycles. The molecular weight excluding hydrogens is 959 g/mol. The van der Waals surface area contributed by atoms with Gasteiger partial charge >= 0.3 is 17.9 Å². The summed E-state index contributed by atoms with van der Waals surface area (Å²) in [6.45, 7) is 4.52. The van der Waals surface area contributed by atoms with Crippen LogP contribution in [0.2, 0.25) is 0 Å². The number of aliphatic carboxylic acids is 1. The van der Waals surface area contributed by atoms with Crippen LogP contribution in [-0.4, -0.2) is 87.4 Å². The van der Waals surface area contributed by atoms with Crippen molar-refractivity contribution in [1.82, 2.24) is 0 Å². The summed E-state index contributed by atoms with van der Waals surface area (Å²) >= 11 is 0. The van der Waals surface area contributed by atoms with Gasteiger partial charge in [0.05, 0.1) is 40.8 Å². The van der Waals surface area contributed by atoms with Gasteiger partial charge in [0.15, 0.2) is 6.10 Å². The molecule has 0 spiro atoms. The van der Waals surface area contributed by atoms with Gasteiger partial charge in [0.2, 0.25) is 0 Å². The lowest BCUT2D eigenvalue weighted by Crippen LogP contribution is -2.40. The number of rotatable bonds is 54. The maximum atomic E-state index is 12.9. The first-order valence-corrected chi connectivity index (χ1v) is 30.3. The zero-order chi connectivity index (χ0) is 56.2. The van der Waals surface area contributed by atoms with E-state index in [1.165, 1.54) is 96.3 Å². The summed E-state index contributed by atoms with van der Waals surface area (Å²) < 4.78 is 22.7. The second-order valence-electron chi connectivity index (χ2n) is 20.9. The van der Waals surface area contributed by atoms with Gasteiger partial charge in [-0.2, -0.15) is 0 Å². The highest BCUT2D eigenvalue weighted by molar-refractivity contribution is 5.72. The number of carbonyl (C=O) groups is 3. The highest BCUT2D eigenvalue weighted by Gasteiger charge is 2.25. The van der Waals surface area contributed by atoms with Crippen LogP contribution in [0.15, 0.2) is 134 Å².